The van der Waals surface area contributed by atoms with Gasteiger partial charge in [0.2, 0.25) is 17.7 Å². The maximum Gasteiger partial charge on any atom is 0.255 e. The maximum atomic E-state index is 12.9. The lowest BCUT2D eigenvalue weighted by Gasteiger charge is -2.29. The van der Waals surface area contributed by atoms with Gasteiger partial charge < -0.3 is 34.9 Å². The Labute approximate surface area is 339 Å². The summed E-state index contributed by atoms with van der Waals surface area (Å²) in [5.41, 5.74) is 7.69. The molecule has 4 amide bonds. The summed E-state index contributed by atoms with van der Waals surface area (Å²) in [6.45, 7) is 7.68. The number of piperidine rings is 1. The Balaban J connectivity index is 0.833. The lowest BCUT2D eigenvalue weighted by atomic mass is 9.88. The van der Waals surface area contributed by atoms with Crippen molar-refractivity contribution in [2.75, 3.05) is 46.1 Å². The Hall–Kier alpha value is -5.82. The van der Waals surface area contributed by atoms with Gasteiger partial charge in [0.25, 0.3) is 5.91 Å². The average Bonchev–Trinajstić information content (AvgIpc) is 3.55. The van der Waals surface area contributed by atoms with Crippen LogP contribution in [-0.4, -0.2) is 91.8 Å². The molecule has 0 radical (unpaired) electrons. The number of rotatable bonds is 20. The Morgan fingerprint density at radius 1 is 0.862 bits per heavy atom. The van der Waals surface area contributed by atoms with Crippen molar-refractivity contribution in [3.63, 3.8) is 0 Å². The maximum absolute atomic E-state index is 12.9. The first-order chi connectivity index (χ1) is 28.2. The zero-order chi connectivity index (χ0) is 40.9. The number of carbonyl (C=O) groups excluding carboxylic acids is 4. The molecule has 2 aliphatic rings. The van der Waals surface area contributed by atoms with Crippen LogP contribution >= 0.6 is 0 Å². The first-order valence-electron chi connectivity index (χ1n) is 19.9. The van der Waals surface area contributed by atoms with E-state index in [4.69, 9.17) is 14.2 Å². The van der Waals surface area contributed by atoms with Gasteiger partial charge in [0, 0.05) is 37.7 Å². The van der Waals surface area contributed by atoms with E-state index in [-0.39, 0.29) is 48.9 Å². The van der Waals surface area contributed by atoms with Crippen molar-refractivity contribution in [3.8, 4) is 11.5 Å². The molecule has 2 aliphatic heterocycles. The largest absolute Gasteiger partial charge is 0.508 e. The molecule has 2 heterocycles. The van der Waals surface area contributed by atoms with E-state index in [1.165, 1.54) is 16.0 Å². The third-order valence-electron chi connectivity index (χ3n) is 10.2. The molecule has 6 rings (SSSR count). The summed E-state index contributed by atoms with van der Waals surface area (Å²) in [6, 6.07) is 30.6. The fourth-order valence-corrected chi connectivity index (χ4v) is 7.29. The molecule has 12 heteroatoms. The molecule has 1 unspecified atom stereocenters. The number of phenols is 1. The number of imide groups is 1. The van der Waals surface area contributed by atoms with Crippen molar-refractivity contribution in [1.29, 1.82) is 0 Å². The molecule has 4 aromatic carbocycles. The van der Waals surface area contributed by atoms with Crippen LogP contribution in [0.2, 0.25) is 0 Å². The van der Waals surface area contributed by atoms with Crippen LogP contribution < -0.4 is 20.7 Å². The summed E-state index contributed by atoms with van der Waals surface area (Å²) in [6.07, 6.45) is 1.51. The van der Waals surface area contributed by atoms with Gasteiger partial charge in [0.05, 0.1) is 32.8 Å². The molecule has 0 spiro atoms. The van der Waals surface area contributed by atoms with E-state index < -0.39 is 11.9 Å². The van der Waals surface area contributed by atoms with E-state index in [9.17, 15) is 24.3 Å². The molecule has 1 saturated heterocycles. The summed E-state index contributed by atoms with van der Waals surface area (Å²) in [5, 5.41) is 18.5. The molecule has 4 aromatic rings. The van der Waals surface area contributed by atoms with Gasteiger partial charge in [-0.2, -0.15) is 0 Å². The van der Waals surface area contributed by atoms with E-state index in [1.54, 1.807) is 24.3 Å². The smallest absolute Gasteiger partial charge is 0.255 e. The van der Waals surface area contributed by atoms with E-state index in [0.29, 0.717) is 58.1 Å². The zero-order valence-electron chi connectivity index (χ0n) is 33.1. The standard InChI is InChI=1S/C46H52N4O8/c1-3-39(33-7-5-4-6-8-33)44(34-10-14-37(51)15-11-34)35-12-16-38(17-13-35)58-24-22-47-31(2)30-57-26-25-56-23-21-48-43(53)28-32-9-18-40-36(27-32)29-50(46(40)55)41-19-20-42(52)49-45(41)54/h4-18,27,31,41,47,51H,3,19-26,28-30H2,1-2H3,(H,48,53)(H,49,52,54)/b44-39-/t31-,41?/m1/s1. The average molecular weight is 789 g/mol. The monoisotopic (exact) mass is 788 g/mol. The van der Waals surface area contributed by atoms with Crippen molar-refractivity contribution in [3.05, 3.63) is 130 Å². The first-order valence-corrected chi connectivity index (χ1v) is 19.9. The Morgan fingerprint density at radius 2 is 1.59 bits per heavy atom. The second-order valence-corrected chi connectivity index (χ2v) is 14.5. The number of phenolic OH excluding ortho intramolecular Hbond substituents is 1. The molecule has 4 N–H and O–H groups in total. The third kappa shape index (κ3) is 11.2. The summed E-state index contributed by atoms with van der Waals surface area (Å²) in [5.74, 6) is -0.150. The summed E-state index contributed by atoms with van der Waals surface area (Å²) in [7, 11) is 0. The minimum Gasteiger partial charge on any atom is -0.508 e. The number of amides is 4. The molecular formula is C46H52N4O8. The van der Waals surface area contributed by atoms with Crippen LogP contribution in [0.3, 0.4) is 0 Å². The van der Waals surface area contributed by atoms with Gasteiger partial charge in [0.1, 0.15) is 24.1 Å². The van der Waals surface area contributed by atoms with Gasteiger partial charge in [-0.25, -0.2) is 0 Å². The number of nitrogens with one attached hydrogen (secondary N) is 3. The molecule has 0 saturated carbocycles. The highest BCUT2D eigenvalue weighted by molar-refractivity contribution is 6.05. The van der Waals surface area contributed by atoms with E-state index in [0.717, 1.165) is 40.0 Å². The fourth-order valence-electron chi connectivity index (χ4n) is 7.29. The number of hydrogen-bond donors (Lipinski definition) is 4. The molecule has 58 heavy (non-hydrogen) atoms. The minimum absolute atomic E-state index is 0.117. The number of aromatic hydroxyl groups is 1. The van der Waals surface area contributed by atoms with E-state index in [2.05, 4.69) is 59.3 Å². The van der Waals surface area contributed by atoms with Gasteiger partial charge in [-0.15, -0.1) is 0 Å². The topological polar surface area (TPSA) is 156 Å². The van der Waals surface area contributed by atoms with Gasteiger partial charge in [-0.1, -0.05) is 73.7 Å². The molecule has 2 atom stereocenters. The second kappa shape index (κ2) is 20.6. The molecule has 0 aliphatic carbocycles. The number of ether oxygens (including phenoxy) is 3. The summed E-state index contributed by atoms with van der Waals surface area (Å²) >= 11 is 0. The number of fused-ring (bicyclic) bond motifs is 1. The van der Waals surface area contributed by atoms with Crippen LogP contribution in [0.4, 0.5) is 0 Å². The minimum atomic E-state index is -0.672. The number of benzene rings is 4. The quantitative estimate of drug-likeness (QED) is 0.0533. The van der Waals surface area contributed by atoms with Gasteiger partial charge in [0.15, 0.2) is 0 Å². The normalized spacial score (nSPS) is 16.1. The van der Waals surface area contributed by atoms with Crippen molar-refractivity contribution < 1.29 is 38.5 Å². The molecule has 12 nitrogen and oxygen atoms in total. The van der Waals surface area contributed by atoms with Crippen LogP contribution in [0.5, 0.6) is 11.5 Å². The van der Waals surface area contributed by atoms with E-state index >= 15 is 0 Å². The van der Waals surface area contributed by atoms with Crippen molar-refractivity contribution in [2.45, 2.75) is 58.2 Å². The molecule has 304 valence electrons. The fraction of sp³-hybridized carbons (Fsp3) is 0.348. The van der Waals surface area contributed by atoms with Gasteiger partial charge in [-0.3, -0.25) is 24.5 Å². The lowest BCUT2D eigenvalue weighted by molar-refractivity contribution is -0.137. The highest BCUT2D eigenvalue weighted by atomic mass is 16.5. The Morgan fingerprint density at radius 3 is 2.31 bits per heavy atom. The number of allylic oxidation sites excluding steroid dienone is 1. The van der Waals surface area contributed by atoms with Crippen LogP contribution in [0.25, 0.3) is 11.1 Å². The van der Waals surface area contributed by atoms with Crippen LogP contribution in [-0.2, 0) is 36.8 Å². The molecule has 1 fully saturated rings. The second-order valence-electron chi connectivity index (χ2n) is 14.5. The Kier molecular flexibility index (Phi) is 14.8. The Bertz CT molecular complexity index is 2070. The van der Waals surface area contributed by atoms with Crippen LogP contribution in [0.1, 0.15) is 71.3 Å². The number of nitrogens with zero attached hydrogens (tertiary/aromatic N) is 1. The lowest BCUT2D eigenvalue weighted by Crippen LogP contribution is -2.52. The molecule has 0 aromatic heterocycles. The first kappa shape index (κ1) is 41.8. The number of hydrogen-bond acceptors (Lipinski definition) is 9. The third-order valence-corrected chi connectivity index (χ3v) is 10.2. The van der Waals surface area contributed by atoms with Crippen LogP contribution in [0.15, 0.2) is 97.1 Å². The van der Waals surface area contributed by atoms with Crippen molar-refractivity contribution in [1.82, 2.24) is 20.9 Å². The number of carbonyl (C=O) groups is 4. The van der Waals surface area contributed by atoms with Crippen LogP contribution in [0, 0.1) is 0 Å². The summed E-state index contributed by atoms with van der Waals surface area (Å²) in [4.78, 5) is 50.8. The van der Waals surface area contributed by atoms with Gasteiger partial charge >= 0.3 is 0 Å². The van der Waals surface area contributed by atoms with Crippen molar-refractivity contribution in [2.24, 2.45) is 0 Å². The summed E-state index contributed by atoms with van der Waals surface area (Å²) < 4.78 is 17.4. The molecular weight excluding hydrogens is 737 g/mol. The highest BCUT2D eigenvalue weighted by Crippen LogP contribution is 2.35. The van der Waals surface area contributed by atoms with E-state index in [1.807, 2.05) is 43.3 Å². The SMILES string of the molecule is CC/C(=C(\c1ccc(O)cc1)c1ccc(OCCN[C@H](C)COCCOCCNC(=O)Cc2ccc3c(c2)CN(C2CCC(=O)NC2=O)C3=O)cc1)c1ccccc1. The highest BCUT2D eigenvalue weighted by Gasteiger charge is 2.39. The van der Waals surface area contributed by atoms with Gasteiger partial charge in [-0.05, 0) is 89.1 Å². The molecule has 0 bridgehead atoms. The zero-order valence-corrected chi connectivity index (χ0v) is 33.1. The predicted molar refractivity (Wildman–Crippen MR) is 221 cm³/mol. The van der Waals surface area contributed by atoms with Crippen molar-refractivity contribution >= 4 is 34.8 Å². The predicted octanol–water partition coefficient (Wildman–Crippen LogP) is 5.27.